The summed E-state index contributed by atoms with van der Waals surface area (Å²) in [4.78, 5) is 0. The number of halogens is 2. The molecule has 0 radical (unpaired) electrons. The van der Waals surface area contributed by atoms with Gasteiger partial charge in [0.05, 0.1) is 6.54 Å². The third-order valence-corrected chi connectivity index (χ3v) is 3.06. The molecule has 2 rings (SSSR count). The predicted molar refractivity (Wildman–Crippen MR) is 67.5 cm³/mol. The lowest BCUT2D eigenvalue weighted by Gasteiger charge is -2.08. The van der Waals surface area contributed by atoms with E-state index in [1.165, 1.54) is 0 Å². The molecular formula is C10H10BrClN4. The van der Waals surface area contributed by atoms with Crippen molar-refractivity contribution in [1.82, 2.24) is 14.8 Å². The van der Waals surface area contributed by atoms with Crippen LogP contribution in [-0.4, -0.2) is 14.8 Å². The topological polar surface area (TPSA) is 42.7 Å². The number of hydrogen-bond donors (Lipinski definition) is 1. The predicted octanol–water partition coefficient (Wildman–Crippen LogP) is 2.84. The van der Waals surface area contributed by atoms with Crippen LogP contribution < -0.4 is 5.32 Å². The summed E-state index contributed by atoms with van der Waals surface area (Å²) in [6, 6.07) is 5.61. The number of hydrogen-bond acceptors (Lipinski definition) is 3. The molecule has 2 aromatic rings. The Morgan fingerprint density at radius 1 is 1.50 bits per heavy atom. The molecule has 0 spiro atoms. The van der Waals surface area contributed by atoms with Gasteiger partial charge in [-0.15, -0.1) is 10.2 Å². The van der Waals surface area contributed by atoms with Gasteiger partial charge in [-0.25, -0.2) is 0 Å². The van der Waals surface area contributed by atoms with Gasteiger partial charge in [0.2, 0.25) is 0 Å². The van der Waals surface area contributed by atoms with Gasteiger partial charge < -0.3 is 9.88 Å². The monoisotopic (exact) mass is 300 g/mol. The van der Waals surface area contributed by atoms with E-state index < -0.39 is 0 Å². The first-order valence-electron chi connectivity index (χ1n) is 4.68. The van der Waals surface area contributed by atoms with Crippen LogP contribution in [0.3, 0.4) is 0 Å². The number of rotatable bonds is 3. The van der Waals surface area contributed by atoms with Crippen molar-refractivity contribution in [1.29, 1.82) is 0 Å². The van der Waals surface area contributed by atoms with E-state index in [0.717, 1.165) is 16.0 Å². The summed E-state index contributed by atoms with van der Waals surface area (Å²) < 4.78 is 2.80. The molecule has 1 N–H and O–H groups in total. The highest BCUT2D eigenvalue weighted by atomic mass is 79.9. The van der Waals surface area contributed by atoms with Crippen LogP contribution in [0.15, 0.2) is 29.0 Å². The first-order valence-corrected chi connectivity index (χ1v) is 5.85. The maximum Gasteiger partial charge on any atom is 0.151 e. The molecule has 0 amide bonds. The summed E-state index contributed by atoms with van der Waals surface area (Å²) in [5, 5.41) is 11.8. The highest BCUT2D eigenvalue weighted by molar-refractivity contribution is 9.10. The molecule has 16 heavy (non-hydrogen) atoms. The van der Waals surface area contributed by atoms with E-state index in [9.17, 15) is 0 Å². The van der Waals surface area contributed by atoms with E-state index in [0.29, 0.717) is 11.6 Å². The van der Waals surface area contributed by atoms with E-state index >= 15 is 0 Å². The largest absolute Gasteiger partial charge is 0.377 e. The molecule has 0 aliphatic carbocycles. The first-order chi connectivity index (χ1) is 7.66. The van der Waals surface area contributed by atoms with Crippen molar-refractivity contribution in [3.8, 4) is 0 Å². The first kappa shape index (κ1) is 11.4. The van der Waals surface area contributed by atoms with Crippen LogP contribution in [0, 0.1) is 0 Å². The van der Waals surface area contributed by atoms with Gasteiger partial charge in [-0.1, -0.05) is 11.6 Å². The number of aromatic nitrogens is 3. The molecule has 0 unspecified atom stereocenters. The Balaban J connectivity index is 2.08. The van der Waals surface area contributed by atoms with Crippen molar-refractivity contribution >= 4 is 33.2 Å². The summed E-state index contributed by atoms with van der Waals surface area (Å²) in [7, 11) is 1.91. The van der Waals surface area contributed by atoms with Gasteiger partial charge in [0.25, 0.3) is 0 Å². The third-order valence-electron chi connectivity index (χ3n) is 2.17. The quantitative estimate of drug-likeness (QED) is 0.948. The number of aryl methyl sites for hydroxylation is 1. The van der Waals surface area contributed by atoms with Crippen LogP contribution in [0.1, 0.15) is 5.82 Å². The Kier molecular flexibility index (Phi) is 3.46. The Bertz CT molecular complexity index is 497. The van der Waals surface area contributed by atoms with E-state index in [-0.39, 0.29) is 0 Å². The summed E-state index contributed by atoms with van der Waals surface area (Å²) >= 11 is 9.30. The van der Waals surface area contributed by atoms with Crippen LogP contribution in [0.2, 0.25) is 5.02 Å². The van der Waals surface area contributed by atoms with Gasteiger partial charge in [-0.05, 0) is 34.1 Å². The second-order valence-corrected chi connectivity index (χ2v) is 4.63. The Morgan fingerprint density at radius 3 is 2.94 bits per heavy atom. The zero-order chi connectivity index (χ0) is 11.5. The number of nitrogens with one attached hydrogen (secondary N) is 1. The zero-order valence-corrected chi connectivity index (χ0v) is 11.0. The number of anilines is 1. The minimum absolute atomic E-state index is 0.622. The molecule has 0 atom stereocenters. The second kappa shape index (κ2) is 4.84. The third kappa shape index (κ3) is 2.54. The highest BCUT2D eigenvalue weighted by Gasteiger charge is 2.03. The standard InChI is InChI=1S/C10H10BrClN4/c1-16-6-14-15-10(16)5-13-9-3-2-7(12)4-8(9)11/h2-4,6,13H,5H2,1H3. The molecule has 4 nitrogen and oxygen atoms in total. The maximum atomic E-state index is 5.86. The molecule has 0 aliphatic heterocycles. The lowest BCUT2D eigenvalue weighted by atomic mass is 10.3. The number of benzene rings is 1. The average molecular weight is 302 g/mol. The SMILES string of the molecule is Cn1cnnc1CNc1ccc(Cl)cc1Br. The molecule has 0 aliphatic rings. The van der Waals surface area contributed by atoms with Gasteiger partial charge in [0.1, 0.15) is 6.33 Å². The minimum Gasteiger partial charge on any atom is -0.377 e. The molecule has 1 aromatic carbocycles. The van der Waals surface area contributed by atoms with Crippen molar-refractivity contribution in [2.45, 2.75) is 6.54 Å². The molecule has 0 saturated carbocycles. The minimum atomic E-state index is 0.622. The van der Waals surface area contributed by atoms with Crippen molar-refractivity contribution in [2.24, 2.45) is 7.05 Å². The van der Waals surface area contributed by atoms with Gasteiger partial charge in [0, 0.05) is 22.2 Å². The molecule has 6 heteroatoms. The lowest BCUT2D eigenvalue weighted by Crippen LogP contribution is -2.05. The van der Waals surface area contributed by atoms with E-state index in [4.69, 9.17) is 11.6 Å². The molecule has 84 valence electrons. The molecule has 0 saturated heterocycles. The van der Waals surface area contributed by atoms with Gasteiger partial charge in [-0.2, -0.15) is 0 Å². The lowest BCUT2D eigenvalue weighted by molar-refractivity contribution is 0.812. The molecule has 0 fully saturated rings. The van der Waals surface area contributed by atoms with Crippen LogP contribution in [0.5, 0.6) is 0 Å². The van der Waals surface area contributed by atoms with Crippen LogP contribution in [0.4, 0.5) is 5.69 Å². The van der Waals surface area contributed by atoms with Gasteiger partial charge in [-0.3, -0.25) is 0 Å². The van der Waals surface area contributed by atoms with Crippen LogP contribution in [-0.2, 0) is 13.6 Å². The summed E-state index contributed by atoms with van der Waals surface area (Å²) in [6.07, 6.45) is 1.67. The number of nitrogens with zero attached hydrogens (tertiary/aromatic N) is 3. The van der Waals surface area contributed by atoms with E-state index in [1.54, 1.807) is 6.33 Å². The molecular weight excluding hydrogens is 291 g/mol. The highest BCUT2D eigenvalue weighted by Crippen LogP contribution is 2.26. The fraction of sp³-hybridized carbons (Fsp3) is 0.200. The van der Waals surface area contributed by atoms with Gasteiger partial charge >= 0.3 is 0 Å². The normalized spacial score (nSPS) is 10.4. The van der Waals surface area contributed by atoms with Crippen LogP contribution in [0.25, 0.3) is 0 Å². The Morgan fingerprint density at radius 2 is 2.31 bits per heavy atom. The summed E-state index contributed by atoms with van der Waals surface area (Å²) in [6.45, 7) is 0.622. The Labute approximate surface area is 107 Å². The molecule has 0 bridgehead atoms. The fourth-order valence-electron chi connectivity index (χ4n) is 1.27. The van der Waals surface area contributed by atoms with Crippen LogP contribution >= 0.6 is 27.5 Å². The fourth-order valence-corrected chi connectivity index (χ4v) is 2.10. The second-order valence-electron chi connectivity index (χ2n) is 3.34. The van der Waals surface area contributed by atoms with Gasteiger partial charge in [0.15, 0.2) is 5.82 Å². The van der Waals surface area contributed by atoms with Crippen molar-refractivity contribution < 1.29 is 0 Å². The Hall–Kier alpha value is -1.07. The van der Waals surface area contributed by atoms with Crippen molar-refractivity contribution in [3.05, 3.63) is 39.8 Å². The average Bonchev–Trinajstić information content (AvgIpc) is 2.63. The van der Waals surface area contributed by atoms with E-state index in [2.05, 4.69) is 31.4 Å². The zero-order valence-electron chi connectivity index (χ0n) is 8.61. The maximum absolute atomic E-state index is 5.86. The summed E-state index contributed by atoms with van der Waals surface area (Å²) in [5.74, 6) is 0.877. The van der Waals surface area contributed by atoms with Crippen molar-refractivity contribution in [3.63, 3.8) is 0 Å². The summed E-state index contributed by atoms with van der Waals surface area (Å²) in [5.41, 5.74) is 0.979. The van der Waals surface area contributed by atoms with E-state index in [1.807, 2.05) is 29.8 Å². The smallest absolute Gasteiger partial charge is 0.151 e. The molecule has 1 heterocycles. The molecule has 1 aromatic heterocycles. The van der Waals surface area contributed by atoms with Crippen molar-refractivity contribution in [2.75, 3.05) is 5.32 Å².